The van der Waals surface area contributed by atoms with Crippen LogP contribution in [-0.4, -0.2) is 0 Å². The van der Waals surface area contributed by atoms with Crippen LogP contribution in [-0.2, 0) is 6.42 Å². The summed E-state index contributed by atoms with van der Waals surface area (Å²) in [5, 5.41) is 0.446. The molecule has 0 aliphatic carbocycles. The fourth-order valence-corrected chi connectivity index (χ4v) is 1.33. The zero-order chi connectivity index (χ0) is 9.84. The average molecular weight is 197 g/mol. The van der Waals surface area contributed by atoms with E-state index in [0.29, 0.717) is 17.0 Å². The highest BCUT2D eigenvalue weighted by Crippen LogP contribution is 2.21. The maximum absolute atomic E-state index is 13.2. The van der Waals surface area contributed by atoms with E-state index in [1.54, 1.807) is 12.1 Å². The number of hydrogen-bond donors (Lipinski definition) is 0. The molecule has 2 heteroatoms. The summed E-state index contributed by atoms with van der Waals surface area (Å²) in [6.07, 6.45) is 5.69. The summed E-state index contributed by atoms with van der Waals surface area (Å²) in [5.41, 5.74) is 0.509. The van der Waals surface area contributed by atoms with Crippen LogP contribution in [0.3, 0.4) is 0 Å². The minimum Gasteiger partial charge on any atom is -0.207 e. The normalized spacial score (nSPS) is 12.2. The lowest BCUT2D eigenvalue weighted by molar-refractivity contribution is 0.595. The van der Waals surface area contributed by atoms with Crippen LogP contribution in [0, 0.1) is 24.1 Å². The van der Waals surface area contributed by atoms with Gasteiger partial charge in [-0.2, -0.15) is 0 Å². The lowest BCUT2D eigenvalue weighted by Gasteiger charge is -2.07. The van der Waals surface area contributed by atoms with Crippen LogP contribution < -0.4 is 0 Å². The van der Waals surface area contributed by atoms with Gasteiger partial charge >= 0.3 is 0 Å². The first kappa shape index (κ1) is 10.1. The Balaban J connectivity index is 2.95. The summed E-state index contributed by atoms with van der Waals surface area (Å²) in [6.45, 7) is 1.86. The van der Waals surface area contributed by atoms with E-state index >= 15 is 0 Å². The molecule has 0 heterocycles. The van der Waals surface area contributed by atoms with Crippen LogP contribution in [0.5, 0.6) is 0 Å². The monoisotopic (exact) mass is 196 g/mol. The molecule has 0 nitrogen and oxygen atoms in total. The number of terminal acetylenes is 1. The zero-order valence-electron chi connectivity index (χ0n) is 7.35. The van der Waals surface area contributed by atoms with Crippen LogP contribution in [0.1, 0.15) is 12.5 Å². The molecular formula is C11H10ClF. The van der Waals surface area contributed by atoms with E-state index in [9.17, 15) is 4.39 Å². The summed E-state index contributed by atoms with van der Waals surface area (Å²) in [5.74, 6) is 2.27. The molecule has 0 fully saturated rings. The van der Waals surface area contributed by atoms with Crippen molar-refractivity contribution in [2.24, 2.45) is 5.92 Å². The molecule has 0 aromatic heterocycles. The summed E-state index contributed by atoms with van der Waals surface area (Å²) in [4.78, 5) is 0. The third-order valence-corrected chi connectivity index (χ3v) is 2.21. The van der Waals surface area contributed by atoms with Gasteiger partial charge in [0.15, 0.2) is 0 Å². The average Bonchev–Trinajstić information content (AvgIpc) is 2.11. The Kier molecular flexibility index (Phi) is 3.33. The van der Waals surface area contributed by atoms with Crippen LogP contribution in [0.4, 0.5) is 4.39 Å². The molecule has 1 aromatic rings. The topological polar surface area (TPSA) is 0 Å². The second-order valence-corrected chi connectivity index (χ2v) is 3.38. The van der Waals surface area contributed by atoms with E-state index < -0.39 is 0 Å². The maximum atomic E-state index is 13.2. The summed E-state index contributed by atoms with van der Waals surface area (Å²) in [6, 6.07) is 4.65. The Bertz CT molecular complexity index is 318. The third-order valence-electron chi connectivity index (χ3n) is 1.86. The number of hydrogen-bond acceptors (Lipinski definition) is 0. The van der Waals surface area contributed by atoms with Gasteiger partial charge in [0.05, 0.1) is 0 Å². The van der Waals surface area contributed by atoms with Crippen LogP contribution in [0.2, 0.25) is 5.02 Å². The number of benzene rings is 1. The molecule has 1 unspecified atom stereocenters. The van der Waals surface area contributed by atoms with E-state index in [1.165, 1.54) is 6.07 Å². The van der Waals surface area contributed by atoms with Crippen molar-refractivity contribution in [3.8, 4) is 12.3 Å². The molecular weight excluding hydrogens is 187 g/mol. The SMILES string of the molecule is C#CC(C)Cc1c(F)cccc1Cl. The molecule has 0 saturated carbocycles. The first-order valence-electron chi connectivity index (χ1n) is 4.04. The Morgan fingerprint density at radius 2 is 2.31 bits per heavy atom. The predicted octanol–water partition coefficient (Wildman–Crippen LogP) is 3.29. The molecule has 0 aliphatic rings. The van der Waals surface area contributed by atoms with Gasteiger partial charge in [-0.05, 0) is 18.6 Å². The van der Waals surface area contributed by atoms with Gasteiger partial charge in [0.1, 0.15) is 5.82 Å². The Hall–Kier alpha value is -1.00. The minimum atomic E-state index is -0.283. The molecule has 0 saturated heterocycles. The quantitative estimate of drug-likeness (QED) is 0.637. The van der Waals surface area contributed by atoms with Crippen molar-refractivity contribution in [2.75, 3.05) is 0 Å². The van der Waals surface area contributed by atoms with E-state index in [1.807, 2.05) is 6.92 Å². The lowest BCUT2D eigenvalue weighted by atomic mass is 10.0. The standard InChI is InChI=1S/C11H10ClF/c1-3-8(2)7-9-10(12)5-4-6-11(9)13/h1,4-6,8H,7H2,2H3. The molecule has 1 aromatic carbocycles. The largest absolute Gasteiger partial charge is 0.207 e. The zero-order valence-corrected chi connectivity index (χ0v) is 8.11. The molecule has 68 valence electrons. The minimum absolute atomic E-state index is 0.00870. The molecule has 0 radical (unpaired) electrons. The first-order valence-corrected chi connectivity index (χ1v) is 4.42. The van der Waals surface area contributed by atoms with Crippen LogP contribution in [0.15, 0.2) is 18.2 Å². The van der Waals surface area contributed by atoms with Crippen molar-refractivity contribution in [3.63, 3.8) is 0 Å². The Morgan fingerprint density at radius 3 is 2.85 bits per heavy atom. The van der Waals surface area contributed by atoms with Gasteiger partial charge < -0.3 is 0 Å². The van der Waals surface area contributed by atoms with Gasteiger partial charge in [-0.15, -0.1) is 12.3 Å². The maximum Gasteiger partial charge on any atom is 0.127 e. The fraction of sp³-hybridized carbons (Fsp3) is 0.273. The summed E-state index contributed by atoms with van der Waals surface area (Å²) in [7, 11) is 0. The van der Waals surface area contributed by atoms with Crippen molar-refractivity contribution in [3.05, 3.63) is 34.6 Å². The summed E-state index contributed by atoms with van der Waals surface area (Å²) >= 11 is 5.82. The van der Waals surface area contributed by atoms with E-state index in [4.69, 9.17) is 18.0 Å². The highest BCUT2D eigenvalue weighted by Gasteiger charge is 2.09. The van der Waals surface area contributed by atoms with Crippen molar-refractivity contribution >= 4 is 11.6 Å². The van der Waals surface area contributed by atoms with Crippen LogP contribution in [0.25, 0.3) is 0 Å². The van der Waals surface area contributed by atoms with Gasteiger partial charge in [0.25, 0.3) is 0 Å². The first-order chi connectivity index (χ1) is 6.15. The van der Waals surface area contributed by atoms with Crippen molar-refractivity contribution in [2.45, 2.75) is 13.3 Å². The molecule has 0 amide bonds. The highest BCUT2D eigenvalue weighted by atomic mass is 35.5. The molecule has 13 heavy (non-hydrogen) atoms. The third kappa shape index (κ3) is 2.47. The van der Waals surface area contributed by atoms with E-state index in [2.05, 4.69) is 5.92 Å². The second kappa shape index (κ2) is 4.30. The van der Waals surface area contributed by atoms with E-state index in [0.717, 1.165) is 0 Å². The van der Waals surface area contributed by atoms with Gasteiger partial charge in [-0.3, -0.25) is 0 Å². The second-order valence-electron chi connectivity index (χ2n) is 2.97. The fourth-order valence-electron chi connectivity index (χ4n) is 1.09. The molecule has 1 rings (SSSR count). The smallest absolute Gasteiger partial charge is 0.127 e. The Morgan fingerprint density at radius 1 is 1.62 bits per heavy atom. The molecule has 0 bridgehead atoms. The van der Waals surface area contributed by atoms with Gasteiger partial charge in [-0.1, -0.05) is 24.6 Å². The number of halogens is 2. The van der Waals surface area contributed by atoms with Crippen molar-refractivity contribution in [1.82, 2.24) is 0 Å². The van der Waals surface area contributed by atoms with Gasteiger partial charge in [0.2, 0.25) is 0 Å². The van der Waals surface area contributed by atoms with Crippen LogP contribution >= 0.6 is 11.6 Å². The van der Waals surface area contributed by atoms with Crippen molar-refractivity contribution < 1.29 is 4.39 Å². The molecule has 1 atom stereocenters. The van der Waals surface area contributed by atoms with Crippen molar-refractivity contribution in [1.29, 1.82) is 0 Å². The molecule has 0 spiro atoms. The highest BCUT2D eigenvalue weighted by molar-refractivity contribution is 6.31. The Labute approximate surface area is 82.7 Å². The molecule has 0 N–H and O–H groups in total. The summed E-state index contributed by atoms with van der Waals surface area (Å²) < 4.78 is 13.2. The lowest BCUT2D eigenvalue weighted by Crippen LogP contribution is -1.99. The molecule has 0 aliphatic heterocycles. The van der Waals surface area contributed by atoms with Gasteiger partial charge in [-0.25, -0.2) is 4.39 Å². The predicted molar refractivity (Wildman–Crippen MR) is 53.1 cm³/mol. The van der Waals surface area contributed by atoms with E-state index in [-0.39, 0.29) is 11.7 Å². The number of rotatable bonds is 2. The van der Waals surface area contributed by atoms with Gasteiger partial charge in [0, 0.05) is 16.5 Å².